The molecule has 0 aromatic heterocycles. The van der Waals surface area contributed by atoms with Gasteiger partial charge in [-0.2, -0.15) is 0 Å². The van der Waals surface area contributed by atoms with Gasteiger partial charge in [-0.3, -0.25) is 4.79 Å². The molecule has 108 valence electrons. The normalized spacial score (nSPS) is 23.6. The van der Waals surface area contributed by atoms with Gasteiger partial charge in [0.1, 0.15) is 19.5 Å². The Kier molecular flexibility index (Phi) is 4.69. The van der Waals surface area contributed by atoms with Crippen LogP contribution in [0.25, 0.3) is 0 Å². The van der Waals surface area contributed by atoms with Crippen molar-refractivity contribution < 1.29 is 19.4 Å². The number of rotatable bonds is 4. The van der Waals surface area contributed by atoms with Gasteiger partial charge in [-0.15, -0.1) is 0 Å². The van der Waals surface area contributed by atoms with Crippen LogP contribution in [0.2, 0.25) is 0 Å². The smallest absolute Gasteiger partial charge is 0.289 e. The average molecular weight is 269 g/mol. The first kappa shape index (κ1) is 14.2. The van der Waals surface area contributed by atoms with Crippen LogP contribution in [0.5, 0.6) is 0 Å². The van der Waals surface area contributed by atoms with Crippen molar-refractivity contribution in [3.8, 4) is 0 Å². The molecule has 1 saturated carbocycles. The molecule has 2 rings (SSSR count). The van der Waals surface area contributed by atoms with E-state index in [1.54, 1.807) is 6.92 Å². The van der Waals surface area contributed by atoms with Gasteiger partial charge < -0.3 is 19.9 Å². The van der Waals surface area contributed by atoms with Crippen molar-refractivity contribution in [1.29, 1.82) is 0 Å². The van der Waals surface area contributed by atoms with Gasteiger partial charge in [0.25, 0.3) is 5.91 Å². The van der Waals surface area contributed by atoms with Crippen LogP contribution in [-0.4, -0.2) is 36.4 Å². The summed E-state index contributed by atoms with van der Waals surface area (Å²) in [5.41, 5.74) is -0.855. The molecule has 1 aliphatic carbocycles. The molecule has 19 heavy (non-hydrogen) atoms. The molecule has 1 heterocycles. The minimum atomic E-state index is -0.855. The molecule has 0 aromatic rings. The molecule has 0 bridgehead atoms. The number of carbonyl (C=O) groups excluding carboxylic acids is 1. The van der Waals surface area contributed by atoms with Crippen LogP contribution in [0, 0.1) is 5.92 Å². The Morgan fingerprint density at radius 2 is 2.16 bits per heavy atom. The fraction of sp³-hybridized carbons (Fsp3) is 0.786. The molecule has 5 heteroatoms. The fourth-order valence-corrected chi connectivity index (χ4v) is 2.70. The van der Waals surface area contributed by atoms with Crippen LogP contribution in [-0.2, 0) is 14.3 Å². The summed E-state index contributed by atoms with van der Waals surface area (Å²) in [7, 11) is 0. The molecular formula is C14H23NO4. The van der Waals surface area contributed by atoms with Crippen molar-refractivity contribution in [2.75, 3.05) is 19.8 Å². The summed E-state index contributed by atoms with van der Waals surface area (Å²) in [6, 6.07) is 0. The minimum Gasteiger partial charge on any atom is -0.494 e. The van der Waals surface area contributed by atoms with Crippen molar-refractivity contribution in [3.63, 3.8) is 0 Å². The fourth-order valence-electron chi connectivity index (χ4n) is 2.70. The molecule has 2 N–H and O–H groups in total. The van der Waals surface area contributed by atoms with E-state index in [-0.39, 0.29) is 24.1 Å². The summed E-state index contributed by atoms with van der Waals surface area (Å²) in [6.07, 6.45) is 6.97. The van der Waals surface area contributed by atoms with Gasteiger partial charge in [0.05, 0.1) is 5.60 Å². The van der Waals surface area contributed by atoms with Crippen LogP contribution >= 0.6 is 0 Å². The molecule has 0 unspecified atom stereocenters. The predicted octanol–water partition coefficient (Wildman–Crippen LogP) is 1.32. The monoisotopic (exact) mass is 269 g/mol. The zero-order valence-electron chi connectivity index (χ0n) is 11.5. The lowest BCUT2D eigenvalue weighted by atomic mass is 9.78. The van der Waals surface area contributed by atoms with Crippen molar-refractivity contribution in [2.24, 2.45) is 5.92 Å². The van der Waals surface area contributed by atoms with Crippen molar-refractivity contribution in [3.05, 3.63) is 12.0 Å². The van der Waals surface area contributed by atoms with Crippen molar-refractivity contribution >= 4 is 5.91 Å². The Morgan fingerprint density at radius 3 is 2.79 bits per heavy atom. The molecule has 0 radical (unpaired) electrons. The Morgan fingerprint density at radius 1 is 1.42 bits per heavy atom. The molecule has 0 saturated heterocycles. The van der Waals surface area contributed by atoms with Gasteiger partial charge >= 0.3 is 0 Å². The van der Waals surface area contributed by atoms with E-state index in [0.29, 0.717) is 13.2 Å². The van der Waals surface area contributed by atoms with E-state index in [4.69, 9.17) is 9.47 Å². The summed E-state index contributed by atoms with van der Waals surface area (Å²) in [4.78, 5) is 11.8. The van der Waals surface area contributed by atoms with Gasteiger partial charge in [0.2, 0.25) is 5.76 Å². The Hall–Kier alpha value is -1.23. The Labute approximate surface area is 114 Å². The second kappa shape index (κ2) is 6.28. The molecule has 1 aliphatic heterocycles. The van der Waals surface area contributed by atoms with Crippen LogP contribution in [0.4, 0.5) is 0 Å². The van der Waals surface area contributed by atoms with E-state index in [0.717, 1.165) is 25.7 Å². The van der Waals surface area contributed by atoms with E-state index < -0.39 is 5.60 Å². The number of hydrogen-bond acceptors (Lipinski definition) is 4. The summed E-state index contributed by atoms with van der Waals surface area (Å²) < 4.78 is 10.2. The summed E-state index contributed by atoms with van der Waals surface area (Å²) >= 11 is 0. The van der Waals surface area contributed by atoms with Gasteiger partial charge in [-0.25, -0.2) is 0 Å². The molecule has 0 spiro atoms. The molecule has 1 atom stereocenters. The maximum Gasteiger partial charge on any atom is 0.289 e. The molecule has 1 amide bonds. The number of nitrogens with one attached hydrogen (secondary N) is 1. The number of ether oxygens (including phenoxy) is 2. The summed E-state index contributed by atoms with van der Waals surface area (Å²) in [6.45, 7) is 2.90. The lowest BCUT2D eigenvalue weighted by Gasteiger charge is -2.35. The highest BCUT2D eigenvalue weighted by Crippen LogP contribution is 2.32. The molecular weight excluding hydrogens is 246 g/mol. The first-order valence-electron chi connectivity index (χ1n) is 7.05. The number of carbonyl (C=O) groups is 1. The zero-order chi connectivity index (χ0) is 13.7. The van der Waals surface area contributed by atoms with E-state index in [1.807, 2.05) is 0 Å². The van der Waals surface area contributed by atoms with Crippen molar-refractivity contribution in [1.82, 2.24) is 5.32 Å². The van der Waals surface area contributed by atoms with E-state index in [2.05, 4.69) is 5.32 Å². The van der Waals surface area contributed by atoms with Gasteiger partial charge in [-0.1, -0.05) is 19.3 Å². The minimum absolute atomic E-state index is 0.186. The third-order valence-corrected chi connectivity index (χ3v) is 3.96. The van der Waals surface area contributed by atoms with Crippen molar-refractivity contribution in [2.45, 2.75) is 44.6 Å². The number of amides is 1. The Bertz CT molecular complexity index is 345. The first-order chi connectivity index (χ1) is 9.09. The predicted molar refractivity (Wildman–Crippen MR) is 70.2 cm³/mol. The van der Waals surface area contributed by atoms with E-state index >= 15 is 0 Å². The highest BCUT2D eigenvalue weighted by Gasteiger charge is 2.33. The van der Waals surface area contributed by atoms with Crippen LogP contribution in [0.3, 0.4) is 0 Å². The highest BCUT2D eigenvalue weighted by molar-refractivity contribution is 5.91. The lowest BCUT2D eigenvalue weighted by Crippen LogP contribution is -2.47. The second-order valence-corrected chi connectivity index (χ2v) is 5.58. The van der Waals surface area contributed by atoms with E-state index in [9.17, 15) is 9.90 Å². The zero-order valence-corrected chi connectivity index (χ0v) is 11.5. The number of aliphatic hydroxyl groups is 1. The standard InChI is InChI=1S/C14H23NO4/c1-14(17,11-5-3-2-4-6-11)10-15-13(16)12-9-18-7-8-19-12/h9,11,17H,2-8,10H2,1H3,(H,15,16)/t14-/m0/s1. The summed E-state index contributed by atoms with van der Waals surface area (Å²) in [5, 5.41) is 13.2. The topological polar surface area (TPSA) is 67.8 Å². The maximum atomic E-state index is 11.8. The quantitative estimate of drug-likeness (QED) is 0.808. The van der Waals surface area contributed by atoms with Gasteiger partial charge in [-0.05, 0) is 25.7 Å². The number of hydrogen-bond donors (Lipinski definition) is 2. The SMILES string of the molecule is C[C@](O)(CNC(=O)C1=COCCO1)C1CCCCC1. The van der Waals surface area contributed by atoms with Gasteiger partial charge in [0.15, 0.2) is 0 Å². The lowest BCUT2D eigenvalue weighted by molar-refractivity contribution is -0.124. The van der Waals surface area contributed by atoms with Crippen LogP contribution < -0.4 is 5.32 Å². The summed E-state index contributed by atoms with van der Waals surface area (Å²) in [5.74, 6) is 0.125. The molecule has 2 aliphatic rings. The maximum absolute atomic E-state index is 11.8. The molecule has 1 fully saturated rings. The highest BCUT2D eigenvalue weighted by atomic mass is 16.6. The van der Waals surface area contributed by atoms with Crippen LogP contribution in [0.1, 0.15) is 39.0 Å². The van der Waals surface area contributed by atoms with E-state index in [1.165, 1.54) is 12.7 Å². The third kappa shape index (κ3) is 3.86. The largest absolute Gasteiger partial charge is 0.494 e. The first-order valence-corrected chi connectivity index (χ1v) is 7.05. The average Bonchev–Trinajstić information content (AvgIpc) is 2.47. The second-order valence-electron chi connectivity index (χ2n) is 5.58. The third-order valence-electron chi connectivity index (χ3n) is 3.96. The Balaban J connectivity index is 1.82. The molecule has 0 aromatic carbocycles. The van der Waals surface area contributed by atoms with Gasteiger partial charge in [0, 0.05) is 6.54 Å². The van der Waals surface area contributed by atoms with Crippen LogP contribution in [0.15, 0.2) is 12.0 Å². The molecule has 5 nitrogen and oxygen atoms in total.